The Morgan fingerprint density at radius 1 is 1.16 bits per heavy atom. The van der Waals surface area contributed by atoms with Crippen LogP contribution < -0.4 is 15.5 Å². The first-order valence-corrected chi connectivity index (χ1v) is 10.7. The Morgan fingerprint density at radius 3 is 2.75 bits per heavy atom. The van der Waals surface area contributed by atoms with Crippen molar-refractivity contribution in [1.29, 1.82) is 0 Å². The van der Waals surface area contributed by atoms with Gasteiger partial charge in [0.25, 0.3) is 5.91 Å². The number of anilines is 4. The molecule has 0 unspecified atom stereocenters. The topological polar surface area (TPSA) is 114 Å². The van der Waals surface area contributed by atoms with Gasteiger partial charge >= 0.3 is 6.03 Å². The Hall–Kier alpha value is -3.83. The molecule has 4 heterocycles. The molecular weight excluding hydrogens is 430 g/mol. The number of carbonyl (C=O) groups excluding carboxylic acids is 2. The summed E-state index contributed by atoms with van der Waals surface area (Å²) in [5.74, 6) is 0.521. The smallest absolute Gasteiger partial charge is 0.332 e. The third kappa shape index (κ3) is 3.90. The molecule has 2 amide bonds. The van der Waals surface area contributed by atoms with Gasteiger partial charge in [0.2, 0.25) is 0 Å². The van der Waals surface area contributed by atoms with E-state index in [0.717, 1.165) is 16.4 Å². The van der Waals surface area contributed by atoms with E-state index in [2.05, 4.69) is 25.6 Å². The molecule has 0 atom stereocenters. The predicted octanol–water partition coefficient (Wildman–Crippen LogP) is 3.38. The summed E-state index contributed by atoms with van der Waals surface area (Å²) in [7, 11) is 0. The molecule has 1 saturated heterocycles. The number of carbonyl (C=O) groups is 2. The minimum absolute atomic E-state index is 0.0532. The Kier molecular flexibility index (Phi) is 5.25. The fourth-order valence-electron chi connectivity index (χ4n) is 3.45. The molecule has 0 aliphatic carbocycles. The monoisotopic (exact) mass is 449 g/mol. The van der Waals surface area contributed by atoms with E-state index >= 15 is 0 Å². The van der Waals surface area contributed by atoms with Gasteiger partial charge < -0.3 is 15.0 Å². The molecule has 2 N–H and O–H groups in total. The zero-order valence-corrected chi connectivity index (χ0v) is 17.9. The fourth-order valence-corrected chi connectivity index (χ4v) is 4.12. The molecule has 32 heavy (non-hydrogen) atoms. The van der Waals surface area contributed by atoms with Gasteiger partial charge in [0.1, 0.15) is 23.8 Å². The van der Waals surface area contributed by atoms with Crippen LogP contribution >= 0.6 is 11.3 Å². The molecule has 162 valence electrons. The van der Waals surface area contributed by atoms with Crippen LogP contribution in [0.5, 0.6) is 0 Å². The zero-order chi connectivity index (χ0) is 22.1. The number of nitrogens with zero attached hydrogens (tertiary/aromatic N) is 5. The van der Waals surface area contributed by atoms with Gasteiger partial charge in [-0.2, -0.15) is 0 Å². The minimum atomic E-state index is -0.326. The summed E-state index contributed by atoms with van der Waals surface area (Å²) < 4.78 is 6.61. The highest BCUT2D eigenvalue weighted by Gasteiger charge is 2.20. The Bertz CT molecular complexity index is 1300. The summed E-state index contributed by atoms with van der Waals surface area (Å²) in [6.45, 7) is 3.04. The van der Waals surface area contributed by atoms with Crippen molar-refractivity contribution in [3.8, 4) is 0 Å². The lowest BCUT2D eigenvalue weighted by Crippen LogP contribution is -2.41. The molecule has 10 nitrogen and oxygen atoms in total. The van der Waals surface area contributed by atoms with Crippen LogP contribution in [0, 0.1) is 6.92 Å². The van der Waals surface area contributed by atoms with Crippen LogP contribution in [0.15, 0.2) is 49.1 Å². The average Bonchev–Trinajstić information content (AvgIpc) is 3.41. The van der Waals surface area contributed by atoms with Crippen LogP contribution in [0.2, 0.25) is 0 Å². The van der Waals surface area contributed by atoms with Gasteiger partial charge in [-0.25, -0.2) is 19.7 Å². The summed E-state index contributed by atoms with van der Waals surface area (Å²) >= 11 is 1.40. The molecule has 3 aromatic heterocycles. The molecule has 1 aliphatic heterocycles. The number of hydrogen-bond acceptors (Lipinski definition) is 8. The molecule has 0 spiro atoms. The van der Waals surface area contributed by atoms with Crippen molar-refractivity contribution < 1.29 is 14.3 Å². The zero-order valence-electron chi connectivity index (χ0n) is 17.1. The van der Waals surface area contributed by atoms with Crippen LogP contribution in [-0.2, 0) is 9.53 Å². The number of rotatable bonds is 4. The van der Waals surface area contributed by atoms with Crippen LogP contribution in [-0.4, -0.2) is 51.2 Å². The van der Waals surface area contributed by atoms with E-state index in [1.165, 1.54) is 22.2 Å². The van der Waals surface area contributed by atoms with Gasteiger partial charge in [-0.15, -0.1) is 11.3 Å². The summed E-state index contributed by atoms with van der Waals surface area (Å²) in [6, 6.07) is 8.96. The summed E-state index contributed by atoms with van der Waals surface area (Å²) in [5.41, 5.74) is 2.10. The average molecular weight is 449 g/mol. The second-order valence-corrected chi connectivity index (χ2v) is 8.32. The molecular formula is C21H19N7O3S. The Morgan fingerprint density at radius 2 is 2.00 bits per heavy atom. The standard InChI is InChI=1S/C21H19N7O3S/c1-13-22-10-17(32-13)26-21(30)28-7-6-16-19(23-12-24-20(16)28)25-14-2-4-15(5-3-14)27-8-9-31-11-18(27)29/h2-7,10,12H,8-9,11H2,1H3,(H,26,30)(H,23,24,25). The molecule has 0 bridgehead atoms. The molecule has 1 aliphatic rings. The highest BCUT2D eigenvalue weighted by molar-refractivity contribution is 7.15. The quantitative estimate of drug-likeness (QED) is 0.491. The molecule has 0 saturated carbocycles. The SMILES string of the molecule is Cc1ncc(NC(=O)n2ccc3c(Nc4ccc(N5CCOCC5=O)cc4)ncnc32)s1. The number of nitrogens with one attached hydrogen (secondary N) is 2. The summed E-state index contributed by atoms with van der Waals surface area (Å²) in [5, 5.41) is 8.33. The number of thiazole rings is 1. The molecule has 4 aromatic rings. The van der Waals surface area contributed by atoms with Crippen molar-refractivity contribution in [2.45, 2.75) is 6.92 Å². The van der Waals surface area contributed by atoms with Gasteiger partial charge in [0.15, 0.2) is 5.65 Å². The van der Waals surface area contributed by atoms with E-state index in [0.29, 0.717) is 35.0 Å². The number of amides is 2. The first-order chi connectivity index (χ1) is 15.6. The van der Waals surface area contributed by atoms with Crippen LogP contribution in [0.4, 0.5) is 27.0 Å². The van der Waals surface area contributed by atoms with Crippen molar-refractivity contribution in [3.05, 3.63) is 54.1 Å². The van der Waals surface area contributed by atoms with Crippen LogP contribution in [0.3, 0.4) is 0 Å². The van der Waals surface area contributed by atoms with E-state index in [1.807, 2.05) is 31.2 Å². The lowest BCUT2D eigenvalue weighted by molar-refractivity contribution is -0.125. The van der Waals surface area contributed by atoms with Crippen LogP contribution in [0.25, 0.3) is 11.0 Å². The highest BCUT2D eigenvalue weighted by atomic mass is 32.1. The fraction of sp³-hybridized carbons (Fsp3) is 0.190. The van der Waals surface area contributed by atoms with E-state index in [4.69, 9.17) is 4.74 Å². The number of fused-ring (bicyclic) bond motifs is 1. The largest absolute Gasteiger partial charge is 0.370 e. The molecule has 11 heteroatoms. The predicted molar refractivity (Wildman–Crippen MR) is 122 cm³/mol. The number of morpholine rings is 1. The van der Waals surface area contributed by atoms with Gasteiger partial charge in [-0.3, -0.25) is 14.7 Å². The Balaban J connectivity index is 1.36. The van der Waals surface area contributed by atoms with Crippen molar-refractivity contribution in [2.24, 2.45) is 0 Å². The summed E-state index contributed by atoms with van der Waals surface area (Å²) in [6.07, 6.45) is 4.69. The van der Waals surface area contributed by atoms with E-state index in [-0.39, 0.29) is 18.5 Å². The minimum Gasteiger partial charge on any atom is -0.370 e. The number of aromatic nitrogens is 4. The second kappa shape index (κ2) is 8.36. The van der Waals surface area contributed by atoms with Crippen molar-refractivity contribution in [1.82, 2.24) is 19.5 Å². The third-order valence-corrected chi connectivity index (χ3v) is 5.81. The van der Waals surface area contributed by atoms with Crippen molar-refractivity contribution in [3.63, 3.8) is 0 Å². The third-order valence-electron chi connectivity index (χ3n) is 4.98. The first-order valence-electron chi connectivity index (χ1n) is 9.89. The maximum Gasteiger partial charge on any atom is 0.332 e. The lowest BCUT2D eigenvalue weighted by Gasteiger charge is -2.26. The molecule has 1 aromatic carbocycles. The normalized spacial score (nSPS) is 14.0. The van der Waals surface area contributed by atoms with Crippen LogP contribution in [0.1, 0.15) is 5.01 Å². The second-order valence-electron chi connectivity index (χ2n) is 7.09. The maximum atomic E-state index is 12.7. The Labute approximate surface area is 186 Å². The molecule has 1 fully saturated rings. The highest BCUT2D eigenvalue weighted by Crippen LogP contribution is 2.26. The number of benzene rings is 1. The number of ether oxygens (including phenoxy) is 1. The van der Waals surface area contributed by atoms with Gasteiger partial charge in [-0.05, 0) is 37.3 Å². The van der Waals surface area contributed by atoms with E-state index < -0.39 is 0 Å². The van der Waals surface area contributed by atoms with Gasteiger partial charge in [0.05, 0.1) is 23.2 Å². The maximum absolute atomic E-state index is 12.7. The number of hydrogen-bond donors (Lipinski definition) is 2. The number of aryl methyl sites for hydroxylation is 1. The van der Waals surface area contributed by atoms with E-state index in [1.54, 1.807) is 23.4 Å². The van der Waals surface area contributed by atoms with Crippen molar-refractivity contribution in [2.75, 3.05) is 35.3 Å². The van der Waals surface area contributed by atoms with Crippen molar-refractivity contribution >= 4 is 56.5 Å². The molecule has 5 rings (SSSR count). The van der Waals surface area contributed by atoms with Gasteiger partial charge in [-0.1, -0.05) is 0 Å². The lowest BCUT2D eigenvalue weighted by atomic mass is 10.2. The molecule has 0 radical (unpaired) electrons. The van der Waals surface area contributed by atoms with E-state index in [9.17, 15) is 9.59 Å². The first kappa shape index (κ1) is 20.1. The van der Waals surface area contributed by atoms with Gasteiger partial charge in [0, 0.05) is 24.1 Å². The summed E-state index contributed by atoms with van der Waals surface area (Å²) in [4.78, 5) is 39.2.